The third-order valence-electron chi connectivity index (χ3n) is 16.0. The molecule has 5 atom stereocenters. The number of allylic oxidation sites excluding steroid dienone is 26. The lowest BCUT2D eigenvalue weighted by atomic mass is 10.1. The smallest absolute Gasteiger partial charge is 0.462 e. The molecule has 0 aromatic rings. The highest BCUT2D eigenvalue weighted by Crippen LogP contribution is 2.45. The average molecular weight is 1500 g/mol. The Labute approximate surface area is 629 Å². The van der Waals surface area contributed by atoms with Gasteiger partial charge >= 0.3 is 39.5 Å². The van der Waals surface area contributed by atoms with Crippen LogP contribution in [0.5, 0.6) is 0 Å². The molecule has 0 aliphatic carbocycles. The van der Waals surface area contributed by atoms with Gasteiger partial charge in [-0.05, 0) is 154 Å². The minimum absolute atomic E-state index is 0.0300. The second-order valence-corrected chi connectivity index (χ2v) is 28.8. The minimum Gasteiger partial charge on any atom is -0.462 e. The normalized spacial score (nSPS) is 14.7. The van der Waals surface area contributed by atoms with Crippen molar-refractivity contribution in [2.24, 2.45) is 0 Å². The van der Waals surface area contributed by atoms with Crippen LogP contribution < -0.4 is 0 Å². The van der Waals surface area contributed by atoms with Gasteiger partial charge < -0.3 is 33.8 Å². The third kappa shape index (κ3) is 74.9. The van der Waals surface area contributed by atoms with Gasteiger partial charge in [0.05, 0.1) is 26.4 Å². The zero-order chi connectivity index (χ0) is 76.0. The quantitative estimate of drug-likeness (QED) is 0.0169. The van der Waals surface area contributed by atoms with Crippen molar-refractivity contribution in [3.63, 3.8) is 0 Å². The van der Waals surface area contributed by atoms with Gasteiger partial charge in [0.25, 0.3) is 0 Å². The van der Waals surface area contributed by atoms with Crippen molar-refractivity contribution < 1.29 is 80.2 Å². The Hall–Kier alpha value is -5.32. The van der Waals surface area contributed by atoms with Crippen LogP contribution in [0.3, 0.4) is 0 Å². The maximum absolute atomic E-state index is 13.1. The first-order valence-corrected chi connectivity index (χ1v) is 42.7. The summed E-state index contributed by atoms with van der Waals surface area (Å²) in [6, 6.07) is 0. The number of unbranched alkanes of at least 4 members (excludes halogenated alkanes) is 21. The van der Waals surface area contributed by atoms with Gasteiger partial charge in [-0.3, -0.25) is 37.3 Å². The van der Waals surface area contributed by atoms with Crippen molar-refractivity contribution in [3.05, 3.63) is 158 Å². The van der Waals surface area contributed by atoms with Crippen LogP contribution in [-0.2, 0) is 65.4 Å². The molecule has 0 rings (SSSR count). The number of aliphatic hydroxyl groups excluding tert-OH is 1. The average Bonchev–Trinajstić information content (AvgIpc) is 0.918. The van der Waals surface area contributed by atoms with E-state index in [0.717, 1.165) is 173 Å². The molecule has 5 unspecified atom stereocenters. The summed E-state index contributed by atoms with van der Waals surface area (Å²) in [5, 5.41) is 10.6. The van der Waals surface area contributed by atoms with E-state index >= 15 is 0 Å². The van der Waals surface area contributed by atoms with Gasteiger partial charge in [0, 0.05) is 25.7 Å². The molecule has 0 fully saturated rings. The predicted octanol–water partition coefficient (Wildman–Crippen LogP) is 23.2. The molecule has 0 aliphatic heterocycles. The Morgan fingerprint density at radius 3 is 0.837 bits per heavy atom. The second-order valence-electron chi connectivity index (χ2n) is 25.9. The van der Waals surface area contributed by atoms with Crippen molar-refractivity contribution >= 4 is 39.5 Å². The van der Waals surface area contributed by atoms with E-state index in [1.165, 1.54) is 38.5 Å². The zero-order valence-electron chi connectivity index (χ0n) is 64.6. The Morgan fingerprint density at radius 2 is 0.519 bits per heavy atom. The molecule has 0 spiro atoms. The van der Waals surface area contributed by atoms with Crippen LogP contribution >= 0.6 is 15.6 Å². The van der Waals surface area contributed by atoms with Crippen LogP contribution in [0.25, 0.3) is 0 Å². The summed E-state index contributed by atoms with van der Waals surface area (Å²) in [6.07, 6.45) is 88.1. The fourth-order valence-corrected chi connectivity index (χ4v) is 11.6. The van der Waals surface area contributed by atoms with Crippen LogP contribution in [0, 0.1) is 0 Å². The van der Waals surface area contributed by atoms with Gasteiger partial charge in [-0.25, -0.2) is 9.13 Å². The number of carbonyl (C=O) groups is 4. The Bertz CT molecular complexity index is 2590. The van der Waals surface area contributed by atoms with Crippen molar-refractivity contribution in [1.29, 1.82) is 0 Å². The number of hydrogen-bond donors (Lipinski definition) is 3. The fraction of sp³-hybridized carbons (Fsp3) is 0.647. The molecular weight excluding hydrogens is 1350 g/mol. The molecule has 0 aromatic heterocycles. The largest absolute Gasteiger partial charge is 0.472 e. The molecule has 0 aromatic carbocycles. The number of phosphoric ester groups is 2. The van der Waals surface area contributed by atoms with Crippen LogP contribution in [0.15, 0.2) is 158 Å². The first kappa shape index (κ1) is 98.7. The fourth-order valence-electron chi connectivity index (χ4n) is 10.0. The predicted molar refractivity (Wildman–Crippen MR) is 427 cm³/mol. The van der Waals surface area contributed by atoms with E-state index in [4.69, 9.17) is 37.0 Å². The van der Waals surface area contributed by atoms with Crippen molar-refractivity contribution in [2.45, 2.75) is 316 Å². The van der Waals surface area contributed by atoms with E-state index < -0.39 is 97.5 Å². The first-order chi connectivity index (χ1) is 50.7. The van der Waals surface area contributed by atoms with E-state index in [0.29, 0.717) is 32.1 Å². The summed E-state index contributed by atoms with van der Waals surface area (Å²) in [5.41, 5.74) is 0. The number of ether oxygens (including phenoxy) is 4. The number of rotatable bonds is 73. The van der Waals surface area contributed by atoms with Gasteiger partial charge in [-0.2, -0.15) is 0 Å². The van der Waals surface area contributed by atoms with Crippen molar-refractivity contribution in [2.75, 3.05) is 39.6 Å². The van der Waals surface area contributed by atoms with E-state index in [2.05, 4.69) is 167 Å². The topological polar surface area (TPSA) is 237 Å². The maximum atomic E-state index is 13.1. The molecule has 0 saturated heterocycles. The maximum Gasteiger partial charge on any atom is 0.472 e. The summed E-state index contributed by atoms with van der Waals surface area (Å²) >= 11 is 0. The lowest BCUT2D eigenvalue weighted by molar-refractivity contribution is -0.161. The highest BCUT2D eigenvalue weighted by molar-refractivity contribution is 7.47. The number of phosphoric acid groups is 2. The van der Waals surface area contributed by atoms with Gasteiger partial charge in [0.2, 0.25) is 0 Å². The van der Waals surface area contributed by atoms with Crippen LogP contribution in [-0.4, -0.2) is 96.7 Å². The number of carbonyl (C=O) groups excluding carboxylic acids is 4. The summed E-state index contributed by atoms with van der Waals surface area (Å²) in [5.74, 6) is -2.33. The molecule has 0 aliphatic rings. The number of esters is 4. The van der Waals surface area contributed by atoms with Crippen LogP contribution in [0.1, 0.15) is 297 Å². The molecule has 0 heterocycles. The third-order valence-corrected chi connectivity index (χ3v) is 17.9. The van der Waals surface area contributed by atoms with Gasteiger partial charge in [-0.1, -0.05) is 276 Å². The zero-order valence-corrected chi connectivity index (χ0v) is 66.4. The van der Waals surface area contributed by atoms with E-state index in [9.17, 15) is 43.2 Å². The SMILES string of the molecule is CC/C=C\C/C=C\C/C=C\C/C=C\C/C=C\C/C=C\CCC(=O)OCC(COP(=O)(O)OCC(O)COP(=O)(O)OCC(COC(=O)CCCCCCC/C=C\C/C=C\C/C=C\CC)OC(=O)CCCCCCC/C=C\C/C=C\C/C=C\CC)OC(=O)CCCCCCC/C=C\CCCCCCCC. The highest BCUT2D eigenvalue weighted by atomic mass is 31.2. The van der Waals surface area contributed by atoms with Crippen LogP contribution in [0.2, 0.25) is 0 Å². The van der Waals surface area contributed by atoms with Gasteiger partial charge in [-0.15, -0.1) is 0 Å². The molecule has 0 amide bonds. The summed E-state index contributed by atoms with van der Waals surface area (Å²) < 4.78 is 68.5. The molecule has 0 radical (unpaired) electrons. The molecule has 0 bridgehead atoms. The number of aliphatic hydroxyl groups is 1. The van der Waals surface area contributed by atoms with E-state index in [1.807, 2.05) is 18.2 Å². The standard InChI is InChI=1S/C85H140O17P2/c1-5-9-13-17-21-25-29-33-37-38-39-40-44-46-50-54-58-62-66-70-83(88)96-76-81(102-85(90)72-68-64-60-56-52-48-43-36-32-28-24-20-16-12-8-4)78-100-104(93,94)98-74-79(86)73-97-103(91,92)99-77-80(101-84(89)71-67-63-59-55-51-47-42-35-31-27-23-19-15-11-7-3)75-95-82(87)69-65-61-57-53-49-45-41-34-30-26-22-18-14-10-6-2/h9-11,13-15,21-23,25-27,33-37,39-43,46,50,58,62,79-81,86H,5-8,12,16-20,24,28-32,38,44-45,47-49,51-57,59-61,63-78H2,1-4H3,(H,91,92)(H,93,94)/b13-9-,14-10-,15-11-,25-21-,26-22-,27-23-,37-33-,40-39-,41-34-,42-35-,43-36-,50-46-,62-58-. The Balaban J connectivity index is 5.47. The van der Waals surface area contributed by atoms with Crippen LogP contribution in [0.4, 0.5) is 0 Å². The summed E-state index contributed by atoms with van der Waals surface area (Å²) in [4.78, 5) is 73.0. The van der Waals surface area contributed by atoms with Crippen molar-refractivity contribution in [3.8, 4) is 0 Å². The Kier molecular flexibility index (Phi) is 72.0. The van der Waals surface area contributed by atoms with Crippen molar-refractivity contribution in [1.82, 2.24) is 0 Å². The molecular formula is C85H140O17P2. The number of hydrogen-bond acceptors (Lipinski definition) is 15. The second kappa shape index (κ2) is 75.9. The molecule has 104 heavy (non-hydrogen) atoms. The Morgan fingerprint density at radius 1 is 0.279 bits per heavy atom. The van der Waals surface area contributed by atoms with Gasteiger partial charge in [0.15, 0.2) is 12.2 Å². The molecule has 17 nitrogen and oxygen atoms in total. The molecule has 592 valence electrons. The summed E-state index contributed by atoms with van der Waals surface area (Å²) in [7, 11) is -10.00. The first-order valence-electron chi connectivity index (χ1n) is 39.7. The lowest BCUT2D eigenvalue weighted by Gasteiger charge is -2.21. The summed E-state index contributed by atoms with van der Waals surface area (Å²) in [6.45, 7) is 4.39. The molecule has 19 heteroatoms. The molecule has 0 saturated carbocycles. The highest BCUT2D eigenvalue weighted by Gasteiger charge is 2.30. The van der Waals surface area contributed by atoms with Gasteiger partial charge in [0.1, 0.15) is 19.3 Å². The minimum atomic E-state index is -5.00. The lowest BCUT2D eigenvalue weighted by Crippen LogP contribution is -2.30. The van der Waals surface area contributed by atoms with E-state index in [1.54, 1.807) is 0 Å². The monoisotopic (exact) mass is 1490 g/mol. The van der Waals surface area contributed by atoms with E-state index in [-0.39, 0.29) is 25.7 Å². The molecule has 3 N–H and O–H groups in total.